The van der Waals surface area contributed by atoms with E-state index in [1.54, 1.807) is 7.11 Å². The Labute approximate surface area is 113 Å². The normalized spacial score (nSPS) is 17.7. The number of aryl methyl sites for hydroxylation is 1. The molecule has 0 bridgehead atoms. The molecular formula is C15H19N3O. The molecule has 0 aliphatic carbocycles. The maximum atomic E-state index is 5.21. The van der Waals surface area contributed by atoms with Crippen molar-refractivity contribution in [2.45, 2.75) is 25.8 Å². The topological polar surface area (TPSA) is 39.1 Å². The van der Waals surface area contributed by atoms with E-state index >= 15 is 0 Å². The number of nitrogens with one attached hydrogen (secondary N) is 1. The SMILES string of the molecule is CCc1cnn2c1NCCC2c1ccc(OC)cc1. The Morgan fingerprint density at radius 1 is 1.37 bits per heavy atom. The first kappa shape index (κ1) is 12.1. The van der Waals surface area contributed by atoms with Crippen molar-refractivity contribution < 1.29 is 4.74 Å². The van der Waals surface area contributed by atoms with Crippen molar-refractivity contribution in [1.82, 2.24) is 9.78 Å². The number of benzene rings is 1. The van der Waals surface area contributed by atoms with Crippen LogP contribution in [0.1, 0.15) is 30.5 Å². The molecule has 0 saturated carbocycles. The summed E-state index contributed by atoms with van der Waals surface area (Å²) in [5.41, 5.74) is 2.58. The van der Waals surface area contributed by atoms with Crippen LogP contribution in [0, 0.1) is 0 Å². The van der Waals surface area contributed by atoms with Gasteiger partial charge in [0.25, 0.3) is 0 Å². The van der Waals surface area contributed by atoms with Gasteiger partial charge in [-0.2, -0.15) is 5.10 Å². The molecule has 0 fully saturated rings. The zero-order valence-electron chi connectivity index (χ0n) is 11.4. The zero-order chi connectivity index (χ0) is 13.2. The molecule has 100 valence electrons. The largest absolute Gasteiger partial charge is 0.497 e. The molecule has 1 unspecified atom stereocenters. The van der Waals surface area contributed by atoms with Gasteiger partial charge in [-0.25, -0.2) is 4.68 Å². The number of ether oxygens (including phenoxy) is 1. The number of hydrogen-bond donors (Lipinski definition) is 1. The highest BCUT2D eigenvalue weighted by atomic mass is 16.5. The first-order chi connectivity index (χ1) is 9.33. The van der Waals surface area contributed by atoms with Crippen LogP contribution in [0.3, 0.4) is 0 Å². The molecule has 2 heterocycles. The number of fused-ring (bicyclic) bond motifs is 1. The van der Waals surface area contributed by atoms with Crippen LogP contribution in [-0.4, -0.2) is 23.4 Å². The maximum Gasteiger partial charge on any atom is 0.128 e. The minimum atomic E-state index is 0.322. The molecule has 0 radical (unpaired) electrons. The summed E-state index contributed by atoms with van der Waals surface area (Å²) in [4.78, 5) is 0. The average molecular weight is 257 g/mol. The van der Waals surface area contributed by atoms with Crippen LogP contribution in [0.4, 0.5) is 5.82 Å². The lowest BCUT2D eigenvalue weighted by molar-refractivity contribution is 0.414. The van der Waals surface area contributed by atoms with Gasteiger partial charge in [0.15, 0.2) is 0 Å². The van der Waals surface area contributed by atoms with Gasteiger partial charge in [-0.05, 0) is 30.5 Å². The van der Waals surface area contributed by atoms with Gasteiger partial charge in [0, 0.05) is 12.1 Å². The second-order valence-corrected chi connectivity index (χ2v) is 4.82. The standard InChI is InChI=1S/C15H19N3O/c1-3-11-10-17-18-14(8-9-16-15(11)18)12-4-6-13(19-2)7-5-12/h4-7,10,14,16H,3,8-9H2,1-2H3. The van der Waals surface area contributed by atoms with Gasteiger partial charge in [0.05, 0.1) is 19.3 Å². The van der Waals surface area contributed by atoms with Crippen molar-refractivity contribution >= 4 is 5.82 Å². The van der Waals surface area contributed by atoms with Crippen LogP contribution in [0.25, 0.3) is 0 Å². The van der Waals surface area contributed by atoms with Crippen LogP contribution in [0.15, 0.2) is 30.5 Å². The molecular weight excluding hydrogens is 238 g/mol. The predicted octanol–water partition coefficient (Wildman–Crippen LogP) is 2.86. The minimum Gasteiger partial charge on any atom is -0.497 e. The molecule has 4 heteroatoms. The first-order valence-electron chi connectivity index (χ1n) is 6.77. The van der Waals surface area contributed by atoms with Crippen molar-refractivity contribution in [2.24, 2.45) is 0 Å². The van der Waals surface area contributed by atoms with Crippen molar-refractivity contribution in [3.05, 3.63) is 41.6 Å². The molecule has 1 aromatic carbocycles. The molecule has 0 saturated heterocycles. The summed E-state index contributed by atoms with van der Waals surface area (Å²) in [7, 11) is 1.69. The summed E-state index contributed by atoms with van der Waals surface area (Å²) >= 11 is 0. The van der Waals surface area contributed by atoms with Crippen LogP contribution in [0.2, 0.25) is 0 Å². The smallest absolute Gasteiger partial charge is 0.128 e. The Morgan fingerprint density at radius 2 is 2.16 bits per heavy atom. The highest BCUT2D eigenvalue weighted by molar-refractivity contribution is 5.47. The molecule has 3 rings (SSSR count). The molecule has 2 aromatic rings. The quantitative estimate of drug-likeness (QED) is 0.919. The van der Waals surface area contributed by atoms with E-state index in [1.165, 1.54) is 16.9 Å². The molecule has 1 aliphatic heterocycles. The van der Waals surface area contributed by atoms with Crippen LogP contribution in [0.5, 0.6) is 5.75 Å². The Morgan fingerprint density at radius 3 is 2.84 bits per heavy atom. The Balaban J connectivity index is 1.96. The fourth-order valence-corrected chi connectivity index (χ4v) is 2.67. The summed E-state index contributed by atoms with van der Waals surface area (Å²) in [6.45, 7) is 3.16. The maximum absolute atomic E-state index is 5.21. The van der Waals surface area contributed by atoms with Crippen molar-refractivity contribution in [3.63, 3.8) is 0 Å². The monoisotopic (exact) mass is 257 g/mol. The molecule has 1 N–H and O–H groups in total. The van der Waals surface area contributed by atoms with E-state index in [1.807, 2.05) is 18.3 Å². The Hall–Kier alpha value is -1.97. The second-order valence-electron chi connectivity index (χ2n) is 4.82. The van der Waals surface area contributed by atoms with Crippen LogP contribution in [-0.2, 0) is 6.42 Å². The summed E-state index contributed by atoms with van der Waals surface area (Å²) in [6, 6.07) is 8.61. The lowest BCUT2D eigenvalue weighted by Crippen LogP contribution is -2.24. The third-order valence-electron chi connectivity index (χ3n) is 3.76. The van der Waals surface area contributed by atoms with Gasteiger partial charge < -0.3 is 10.1 Å². The number of rotatable bonds is 3. The lowest BCUT2D eigenvalue weighted by Gasteiger charge is -2.26. The number of hydrogen-bond acceptors (Lipinski definition) is 3. The van der Waals surface area contributed by atoms with Gasteiger partial charge in [-0.15, -0.1) is 0 Å². The third kappa shape index (κ3) is 2.07. The fraction of sp³-hybridized carbons (Fsp3) is 0.400. The van der Waals surface area contributed by atoms with Gasteiger partial charge >= 0.3 is 0 Å². The van der Waals surface area contributed by atoms with Crippen LogP contribution >= 0.6 is 0 Å². The minimum absolute atomic E-state index is 0.322. The van der Waals surface area contributed by atoms with E-state index < -0.39 is 0 Å². The van der Waals surface area contributed by atoms with Gasteiger partial charge in [-0.3, -0.25) is 0 Å². The molecule has 1 aliphatic rings. The Kier molecular flexibility index (Phi) is 3.15. The van der Waals surface area contributed by atoms with Gasteiger partial charge in [0.1, 0.15) is 11.6 Å². The van der Waals surface area contributed by atoms with E-state index in [2.05, 4.69) is 34.2 Å². The van der Waals surface area contributed by atoms with E-state index in [0.29, 0.717) is 6.04 Å². The van der Waals surface area contributed by atoms with E-state index in [4.69, 9.17) is 4.74 Å². The second kappa shape index (κ2) is 4.96. The highest BCUT2D eigenvalue weighted by Gasteiger charge is 2.23. The first-order valence-corrected chi connectivity index (χ1v) is 6.77. The number of anilines is 1. The third-order valence-corrected chi connectivity index (χ3v) is 3.76. The lowest BCUT2D eigenvalue weighted by atomic mass is 10.0. The fourth-order valence-electron chi connectivity index (χ4n) is 2.67. The number of aromatic nitrogens is 2. The van der Waals surface area contributed by atoms with E-state index in [-0.39, 0.29) is 0 Å². The van der Waals surface area contributed by atoms with Crippen LogP contribution < -0.4 is 10.1 Å². The summed E-state index contributed by atoms with van der Waals surface area (Å²) in [5.74, 6) is 2.07. The van der Waals surface area contributed by atoms with Crippen molar-refractivity contribution in [3.8, 4) is 5.75 Å². The molecule has 1 aromatic heterocycles. The number of nitrogens with zero attached hydrogens (tertiary/aromatic N) is 2. The zero-order valence-corrected chi connectivity index (χ0v) is 11.4. The highest BCUT2D eigenvalue weighted by Crippen LogP contribution is 2.32. The van der Waals surface area contributed by atoms with Crippen molar-refractivity contribution in [2.75, 3.05) is 19.0 Å². The molecule has 0 amide bonds. The van der Waals surface area contributed by atoms with E-state index in [0.717, 1.165) is 25.1 Å². The number of methoxy groups -OCH3 is 1. The average Bonchev–Trinajstić information content (AvgIpc) is 2.90. The van der Waals surface area contributed by atoms with Gasteiger partial charge in [-0.1, -0.05) is 19.1 Å². The summed E-state index contributed by atoms with van der Waals surface area (Å²) in [5, 5.41) is 8.01. The molecule has 1 atom stereocenters. The summed E-state index contributed by atoms with van der Waals surface area (Å²) in [6.07, 6.45) is 4.05. The van der Waals surface area contributed by atoms with E-state index in [9.17, 15) is 0 Å². The molecule has 19 heavy (non-hydrogen) atoms. The Bertz CT molecular complexity index is 559. The summed E-state index contributed by atoms with van der Waals surface area (Å²) < 4.78 is 7.33. The van der Waals surface area contributed by atoms with Crippen molar-refractivity contribution in [1.29, 1.82) is 0 Å². The molecule has 0 spiro atoms. The van der Waals surface area contributed by atoms with Gasteiger partial charge in [0.2, 0.25) is 0 Å². The molecule has 4 nitrogen and oxygen atoms in total. The predicted molar refractivity (Wildman–Crippen MR) is 75.8 cm³/mol.